The highest BCUT2D eigenvalue weighted by atomic mass is 16.5. The summed E-state index contributed by atoms with van der Waals surface area (Å²) < 4.78 is 7.96. The van der Waals surface area contributed by atoms with Gasteiger partial charge in [0.05, 0.1) is 19.5 Å². The van der Waals surface area contributed by atoms with Gasteiger partial charge in [0.1, 0.15) is 0 Å². The van der Waals surface area contributed by atoms with Crippen molar-refractivity contribution in [3.63, 3.8) is 0 Å². The second kappa shape index (κ2) is 6.70. The minimum absolute atomic E-state index is 0.132. The fraction of sp³-hybridized carbons (Fsp3) is 0.353. The number of ether oxygens (including phenoxy) is 1. The lowest BCUT2D eigenvalue weighted by atomic mass is 9.90. The molecule has 2 aromatic rings. The molecule has 1 aliphatic rings. The molecule has 3 rings (SSSR count). The van der Waals surface area contributed by atoms with Crippen LogP contribution in [0.4, 0.5) is 0 Å². The van der Waals surface area contributed by atoms with E-state index < -0.39 is 0 Å². The third kappa shape index (κ3) is 3.60. The molecule has 1 aromatic heterocycles. The summed E-state index contributed by atoms with van der Waals surface area (Å²) in [5.41, 5.74) is 8.48. The molecule has 1 aliphatic carbocycles. The number of hydrogen-bond acceptors (Lipinski definition) is 3. The van der Waals surface area contributed by atoms with Crippen LogP contribution in [0.1, 0.15) is 18.4 Å². The number of rotatable bonds is 5. The zero-order chi connectivity index (χ0) is 14.5. The summed E-state index contributed by atoms with van der Waals surface area (Å²) >= 11 is 0. The van der Waals surface area contributed by atoms with Crippen molar-refractivity contribution in [3.8, 4) is 0 Å². The monoisotopic (exact) mass is 283 g/mol. The maximum Gasteiger partial charge on any atom is 0.0989 e. The van der Waals surface area contributed by atoms with Gasteiger partial charge in [0.2, 0.25) is 0 Å². The van der Waals surface area contributed by atoms with Gasteiger partial charge in [-0.2, -0.15) is 0 Å². The van der Waals surface area contributed by atoms with Crippen LogP contribution in [0.5, 0.6) is 0 Å². The summed E-state index contributed by atoms with van der Waals surface area (Å²) in [4.78, 5) is 4.13. The molecular formula is C17H21N3O. The first kappa shape index (κ1) is 14.0. The molecule has 0 saturated heterocycles. The molecule has 2 N–H and O–H groups in total. The van der Waals surface area contributed by atoms with E-state index in [1.54, 1.807) is 6.20 Å². The molecule has 1 heterocycles. The fourth-order valence-corrected chi connectivity index (χ4v) is 2.75. The molecule has 21 heavy (non-hydrogen) atoms. The van der Waals surface area contributed by atoms with Crippen LogP contribution in [0.25, 0.3) is 5.70 Å². The number of imidazole rings is 1. The van der Waals surface area contributed by atoms with Gasteiger partial charge < -0.3 is 15.0 Å². The Bertz CT molecular complexity index is 577. The van der Waals surface area contributed by atoms with Crippen molar-refractivity contribution in [2.24, 2.45) is 11.7 Å². The van der Waals surface area contributed by atoms with Gasteiger partial charge in [0.15, 0.2) is 0 Å². The Morgan fingerprint density at radius 3 is 2.86 bits per heavy atom. The third-order valence-electron chi connectivity index (χ3n) is 3.88. The first-order valence-electron chi connectivity index (χ1n) is 7.40. The molecule has 0 saturated carbocycles. The summed E-state index contributed by atoms with van der Waals surface area (Å²) in [6, 6.07) is 10.4. The predicted octanol–water partition coefficient (Wildman–Crippen LogP) is 2.68. The average molecular weight is 283 g/mol. The highest BCUT2D eigenvalue weighted by molar-refractivity contribution is 5.50. The lowest BCUT2D eigenvalue weighted by Crippen LogP contribution is -2.28. The van der Waals surface area contributed by atoms with Crippen LogP contribution < -0.4 is 5.73 Å². The van der Waals surface area contributed by atoms with Crippen molar-refractivity contribution in [1.29, 1.82) is 0 Å². The second-order valence-electron chi connectivity index (χ2n) is 5.50. The van der Waals surface area contributed by atoms with Crippen molar-refractivity contribution < 1.29 is 4.74 Å². The van der Waals surface area contributed by atoms with Crippen LogP contribution in [0.2, 0.25) is 0 Å². The van der Waals surface area contributed by atoms with Gasteiger partial charge in [-0.05, 0) is 24.5 Å². The van der Waals surface area contributed by atoms with Crippen LogP contribution in [-0.2, 0) is 11.3 Å². The molecule has 110 valence electrons. The highest BCUT2D eigenvalue weighted by Crippen LogP contribution is 2.28. The van der Waals surface area contributed by atoms with Crippen molar-refractivity contribution in [2.45, 2.75) is 25.5 Å². The van der Waals surface area contributed by atoms with Crippen molar-refractivity contribution >= 4 is 5.70 Å². The number of benzene rings is 1. The van der Waals surface area contributed by atoms with E-state index in [2.05, 4.69) is 27.8 Å². The molecule has 4 nitrogen and oxygen atoms in total. The molecular weight excluding hydrogens is 262 g/mol. The van der Waals surface area contributed by atoms with Crippen molar-refractivity contribution in [1.82, 2.24) is 9.55 Å². The maximum atomic E-state index is 6.06. The minimum atomic E-state index is 0.132. The van der Waals surface area contributed by atoms with Crippen molar-refractivity contribution in [2.75, 3.05) is 6.61 Å². The normalized spacial score (nSPS) is 22.0. The Kier molecular flexibility index (Phi) is 4.48. The summed E-state index contributed by atoms with van der Waals surface area (Å²) in [5, 5.41) is 0. The Hall–Kier alpha value is -1.91. The molecule has 2 unspecified atom stereocenters. The molecule has 0 fully saturated rings. The van der Waals surface area contributed by atoms with Gasteiger partial charge in [-0.15, -0.1) is 0 Å². The summed E-state index contributed by atoms with van der Waals surface area (Å²) in [7, 11) is 0. The summed E-state index contributed by atoms with van der Waals surface area (Å²) in [5.74, 6) is 0.378. The molecule has 4 heteroatoms. The lowest BCUT2D eigenvalue weighted by Gasteiger charge is -2.27. The van der Waals surface area contributed by atoms with E-state index in [0.29, 0.717) is 19.1 Å². The standard InChI is InChI=1S/C17H21N3O/c18-16-7-6-15(17(10-16)20-9-8-19-13-20)12-21-11-14-4-2-1-3-5-14/h1-5,8-10,13,15-16H,6-7,11-12,18H2. The van der Waals surface area contributed by atoms with Gasteiger partial charge in [0.25, 0.3) is 0 Å². The van der Waals surface area contributed by atoms with Crippen LogP contribution in [0.3, 0.4) is 0 Å². The quantitative estimate of drug-likeness (QED) is 0.918. The first-order valence-corrected chi connectivity index (χ1v) is 7.40. The van der Waals surface area contributed by atoms with Gasteiger partial charge in [-0.3, -0.25) is 0 Å². The summed E-state index contributed by atoms with van der Waals surface area (Å²) in [6.07, 6.45) is 9.80. The molecule has 0 bridgehead atoms. The SMILES string of the molecule is NC1C=C(n2ccnc2)C(COCc2ccccc2)CC1. The van der Waals surface area contributed by atoms with Crippen LogP contribution in [-0.4, -0.2) is 22.2 Å². The van der Waals surface area contributed by atoms with E-state index in [4.69, 9.17) is 10.5 Å². The van der Waals surface area contributed by atoms with E-state index in [1.165, 1.54) is 11.3 Å². The predicted molar refractivity (Wildman–Crippen MR) is 83.3 cm³/mol. The van der Waals surface area contributed by atoms with Crippen LogP contribution >= 0.6 is 0 Å². The van der Waals surface area contributed by atoms with E-state index in [-0.39, 0.29) is 6.04 Å². The smallest absolute Gasteiger partial charge is 0.0989 e. The van der Waals surface area contributed by atoms with E-state index in [0.717, 1.165) is 12.8 Å². The average Bonchev–Trinajstić information content (AvgIpc) is 3.04. The number of aromatic nitrogens is 2. The number of nitrogens with two attached hydrogens (primary N) is 1. The molecule has 0 aliphatic heterocycles. The Balaban J connectivity index is 1.62. The van der Waals surface area contributed by atoms with Gasteiger partial charge >= 0.3 is 0 Å². The highest BCUT2D eigenvalue weighted by Gasteiger charge is 2.22. The molecule has 0 amide bonds. The van der Waals surface area contributed by atoms with E-state index >= 15 is 0 Å². The Morgan fingerprint density at radius 1 is 1.24 bits per heavy atom. The molecule has 0 radical (unpaired) electrons. The van der Waals surface area contributed by atoms with Gasteiger partial charge in [-0.25, -0.2) is 4.98 Å². The van der Waals surface area contributed by atoms with Crippen LogP contribution in [0.15, 0.2) is 55.1 Å². The summed E-state index contributed by atoms with van der Waals surface area (Å²) in [6.45, 7) is 1.37. The zero-order valence-electron chi connectivity index (χ0n) is 12.1. The Labute approximate surface area is 125 Å². The lowest BCUT2D eigenvalue weighted by molar-refractivity contribution is 0.0963. The maximum absolute atomic E-state index is 6.06. The fourth-order valence-electron chi connectivity index (χ4n) is 2.75. The number of hydrogen-bond donors (Lipinski definition) is 1. The Morgan fingerprint density at radius 2 is 2.10 bits per heavy atom. The third-order valence-corrected chi connectivity index (χ3v) is 3.88. The molecule has 2 atom stereocenters. The van der Waals surface area contributed by atoms with Gasteiger partial charge in [0, 0.05) is 30.1 Å². The molecule has 0 spiro atoms. The second-order valence-corrected chi connectivity index (χ2v) is 5.50. The number of nitrogens with zero attached hydrogens (tertiary/aromatic N) is 2. The molecule has 1 aromatic carbocycles. The topological polar surface area (TPSA) is 53.1 Å². The first-order chi connectivity index (χ1) is 10.3. The van der Waals surface area contributed by atoms with E-state index in [9.17, 15) is 0 Å². The minimum Gasteiger partial charge on any atom is -0.376 e. The van der Waals surface area contributed by atoms with E-state index in [1.807, 2.05) is 30.7 Å². The van der Waals surface area contributed by atoms with Gasteiger partial charge in [-0.1, -0.05) is 30.3 Å². The largest absolute Gasteiger partial charge is 0.376 e. The van der Waals surface area contributed by atoms with Crippen molar-refractivity contribution in [3.05, 3.63) is 60.7 Å². The van der Waals surface area contributed by atoms with Crippen LogP contribution in [0, 0.1) is 5.92 Å². The zero-order valence-corrected chi connectivity index (χ0v) is 12.1.